The number of ether oxygens (including phenoxy) is 2. The summed E-state index contributed by atoms with van der Waals surface area (Å²) in [6.45, 7) is 3.96. The Kier molecular flexibility index (Phi) is 36.0. The summed E-state index contributed by atoms with van der Waals surface area (Å²) in [5.41, 5.74) is 0. The van der Waals surface area contributed by atoms with Gasteiger partial charge in [-0.05, 0) is 70.6 Å². The monoisotopic (exact) mass is 822 g/mol. The van der Waals surface area contributed by atoms with Gasteiger partial charge in [0.2, 0.25) is 0 Å². The van der Waals surface area contributed by atoms with Crippen molar-refractivity contribution in [2.24, 2.45) is 0 Å². The summed E-state index contributed by atoms with van der Waals surface area (Å²) in [5.74, 6) is -0.950. The summed E-state index contributed by atoms with van der Waals surface area (Å²) in [5, 5.41) is 9.90. The van der Waals surface area contributed by atoms with Gasteiger partial charge >= 0.3 is 11.9 Å². The highest BCUT2D eigenvalue weighted by molar-refractivity contribution is 7.45. The first kappa shape index (κ1) is 54.4. The number of allylic oxidation sites excluding steroid dienone is 11. The molecule has 0 fully saturated rings. The molecule has 3 atom stereocenters. The number of quaternary nitrogens is 1. The second-order valence-corrected chi connectivity index (χ2v) is 17.0. The highest BCUT2D eigenvalue weighted by Crippen LogP contribution is 2.38. The number of hydrogen-bond acceptors (Lipinski definition) is 9. The van der Waals surface area contributed by atoms with Crippen LogP contribution >= 0.6 is 7.82 Å². The van der Waals surface area contributed by atoms with E-state index in [1.165, 1.54) is 19.3 Å². The number of carbonyl (C=O) groups excluding carboxylic acids is 2. The third kappa shape index (κ3) is 41.4. The summed E-state index contributed by atoms with van der Waals surface area (Å²) in [4.78, 5) is 37.5. The Hall–Kier alpha value is -2.59. The van der Waals surface area contributed by atoms with Crippen molar-refractivity contribution in [3.05, 3.63) is 72.9 Å². The Bertz CT molecular complexity index is 1220. The van der Waals surface area contributed by atoms with Crippen LogP contribution in [0.15, 0.2) is 72.9 Å². The number of aliphatic hydroxyl groups is 1. The maximum Gasteiger partial charge on any atom is 0.306 e. The Morgan fingerprint density at radius 2 is 1.19 bits per heavy atom. The van der Waals surface area contributed by atoms with Gasteiger partial charge in [0.15, 0.2) is 6.10 Å². The summed E-state index contributed by atoms with van der Waals surface area (Å²) in [7, 11) is 1.09. The van der Waals surface area contributed by atoms with Crippen molar-refractivity contribution < 1.29 is 47.2 Å². The topological polar surface area (TPSA) is 131 Å². The lowest BCUT2D eigenvalue weighted by molar-refractivity contribution is -0.870. The Morgan fingerprint density at radius 3 is 1.84 bits per heavy atom. The fourth-order valence-electron chi connectivity index (χ4n) is 5.32. The number of aliphatic hydroxyl groups excluding tert-OH is 1. The quantitative estimate of drug-likeness (QED) is 0.0161. The highest BCUT2D eigenvalue weighted by atomic mass is 31.2. The lowest BCUT2D eigenvalue weighted by atomic mass is 10.1. The number of unbranched alkanes of at least 4 members (excludes halogenated alkanes) is 11. The first-order chi connectivity index (χ1) is 27.4. The number of carbonyl (C=O) groups is 2. The molecule has 1 unspecified atom stereocenters. The van der Waals surface area contributed by atoms with E-state index in [1.807, 2.05) is 57.6 Å². The van der Waals surface area contributed by atoms with Crippen LogP contribution in [0.5, 0.6) is 0 Å². The van der Waals surface area contributed by atoms with Crippen molar-refractivity contribution in [3.63, 3.8) is 0 Å². The molecule has 0 aromatic heterocycles. The van der Waals surface area contributed by atoms with Gasteiger partial charge in [-0.15, -0.1) is 0 Å². The molecule has 0 amide bonds. The molecule has 0 aromatic rings. The van der Waals surface area contributed by atoms with Crippen LogP contribution in [0, 0.1) is 0 Å². The molecule has 0 aliphatic rings. The number of likely N-dealkylation sites (N-methyl/N-ethyl adjacent to an activating group) is 1. The maximum absolute atomic E-state index is 12.7. The SMILES string of the molecule is CCCCC/C=C\C/C=C\CCCCCCCC(=O)O[C@H](COC(=O)CCC/C=C\C/C=C\C/C=C\C=C\[C@H](O)CCCCC)COP(=O)([O-])OCC[N+](C)(C)C. The minimum absolute atomic E-state index is 0.0533. The van der Waals surface area contributed by atoms with Gasteiger partial charge in [0.1, 0.15) is 19.8 Å². The van der Waals surface area contributed by atoms with E-state index in [9.17, 15) is 24.2 Å². The van der Waals surface area contributed by atoms with Gasteiger partial charge in [-0.25, -0.2) is 0 Å². The van der Waals surface area contributed by atoms with E-state index < -0.39 is 32.5 Å². The van der Waals surface area contributed by atoms with Crippen molar-refractivity contribution in [1.82, 2.24) is 0 Å². The second-order valence-electron chi connectivity index (χ2n) is 15.5. The summed E-state index contributed by atoms with van der Waals surface area (Å²) < 4.78 is 33.8. The molecule has 10 nitrogen and oxygen atoms in total. The van der Waals surface area contributed by atoms with E-state index in [4.69, 9.17) is 18.5 Å². The third-order valence-electron chi connectivity index (χ3n) is 8.80. The van der Waals surface area contributed by atoms with Gasteiger partial charge in [0.05, 0.1) is 33.9 Å². The number of hydrogen-bond donors (Lipinski definition) is 1. The van der Waals surface area contributed by atoms with Crippen LogP contribution in [0.25, 0.3) is 0 Å². The number of nitrogens with zero attached hydrogens (tertiary/aromatic N) is 1. The molecule has 0 radical (unpaired) electrons. The molecule has 0 spiro atoms. The van der Waals surface area contributed by atoms with E-state index in [2.05, 4.69) is 50.3 Å². The van der Waals surface area contributed by atoms with Crippen LogP contribution in [0.2, 0.25) is 0 Å². The van der Waals surface area contributed by atoms with Crippen LogP contribution in [0.4, 0.5) is 0 Å². The van der Waals surface area contributed by atoms with E-state index >= 15 is 0 Å². The number of phosphoric acid groups is 1. The Morgan fingerprint density at radius 1 is 0.649 bits per heavy atom. The highest BCUT2D eigenvalue weighted by Gasteiger charge is 2.21. The van der Waals surface area contributed by atoms with Gasteiger partial charge in [-0.1, -0.05) is 138 Å². The Labute approximate surface area is 347 Å². The van der Waals surface area contributed by atoms with Gasteiger partial charge in [0, 0.05) is 12.8 Å². The first-order valence-corrected chi connectivity index (χ1v) is 23.2. The standard InChI is InChI=1S/C46H80NO9P/c1-6-8-10-11-12-13-14-15-16-17-20-24-27-30-34-38-46(50)56-44(42-55-57(51,52)54-40-39-47(3,4)5)41-53-45(49)37-33-29-26-23-21-18-19-22-25-28-32-36-43(48)35-31-9-7-2/h12-13,15-16,18-19,23,25-26,28,32,36,43-44,48H,6-11,14,17,20-22,24,27,29-31,33-35,37-42H2,1-5H3/b13-12-,16-15-,19-18-,26-23-,28-25-,36-32+/t43-,44-/m1/s1. The largest absolute Gasteiger partial charge is 0.756 e. The van der Waals surface area contributed by atoms with Crippen molar-refractivity contribution >= 4 is 19.8 Å². The lowest BCUT2D eigenvalue weighted by Gasteiger charge is -2.28. The van der Waals surface area contributed by atoms with E-state index in [0.717, 1.165) is 83.5 Å². The first-order valence-electron chi connectivity index (χ1n) is 21.8. The van der Waals surface area contributed by atoms with E-state index in [1.54, 1.807) is 0 Å². The molecule has 0 saturated heterocycles. The minimum Gasteiger partial charge on any atom is -0.756 e. The third-order valence-corrected chi connectivity index (χ3v) is 9.77. The predicted octanol–water partition coefficient (Wildman–Crippen LogP) is 10.6. The maximum atomic E-state index is 12.7. The average molecular weight is 822 g/mol. The molecule has 1 N–H and O–H groups in total. The van der Waals surface area contributed by atoms with Crippen molar-refractivity contribution in [2.45, 2.75) is 161 Å². The molecule has 0 aliphatic heterocycles. The van der Waals surface area contributed by atoms with Crippen LogP contribution < -0.4 is 4.89 Å². The van der Waals surface area contributed by atoms with E-state index in [-0.39, 0.29) is 32.2 Å². The molecule has 328 valence electrons. The molecule has 0 saturated carbocycles. The van der Waals surface area contributed by atoms with Crippen LogP contribution in [0.1, 0.15) is 149 Å². The lowest BCUT2D eigenvalue weighted by Crippen LogP contribution is -2.37. The number of esters is 2. The van der Waals surface area contributed by atoms with Crippen molar-refractivity contribution in [2.75, 3.05) is 47.5 Å². The van der Waals surface area contributed by atoms with Gasteiger partial charge < -0.3 is 33.0 Å². The molecule has 57 heavy (non-hydrogen) atoms. The van der Waals surface area contributed by atoms with E-state index in [0.29, 0.717) is 30.3 Å². The zero-order valence-electron chi connectivity index (χ0n) is 36.4. The molecule has 0 rings (SSSR count). The van der Waals surface area contributed by atoms with Crippen LogP contribution in [-0.2, 0) is 32.7 Å². The van der Waals surface area contributed by atoms with Crippen LogP contribution in [0.3, 0.4) is 0 Å². The number of phosphoric ester groups is 1. The smallest absolute Gasteiger partial charge is 0.306 e. The predicted molar refractivity (Wildman–Crippen MR) is 232 cm³/mol. The molecule has 11 heteroatoms. The fourth-order valence-corrected chi connectivity index (χ4v) is 6.04. The molecule has 0 heterocycles. The normalized spacial score (nSPS) is 14.9. The van der Waals surface area contributed by atoms with Crippen molar-refractivity contribution in [1.29, 1.82) is 0 Å². The summed E-state index contributed by atoms with van der Waals surface area (Å²) in [6.07, 6.45) is 42.6. The fraction of sp³-hybridized carbons (Fsp3) is 0.696. The number of rotatable bonds is 38. The minimum atomic E-state index is -4.65. The molecular weight excluding hydrogens is 741 g/mol. The molecular formula is C46H80NO9P. The van der Waals surface area contributed by atoms with Gasteiger partial charge in [-0.3, -0.25) is 14.2 Å². The molecule has 0 aromatic carbocycles. The summed E-state index contributed by atoms with van der Waals surface area (Å²) in [6, 6.07) is 0. The summed E-state index contributed by atoms with van der Waals surface area (Å²) >= 11 is 0. The molecule has 0 aliphatic carbocycles. The Balaban J connectivity index is 4.54. The average Bonchev–Trinajstić information content (AvgIpc) is 3.15. The molecule has 0 bridgehead atoms. The second kappa shape index (κ2) is 37.7. The zero-order valence-corrected chi connectivity index (χ0v) is 37.3. The zero-order chi connectivity index (χ0) is 42.3. The van der Waals surface area contributed by atoms with Gasteiger partial charge in [0.25, 0.3) is 7.82 Å². The van der Waals surface area contributed by atoms with Crippen molar-refractivity contribution in [3.8, 4) is 0 Å². The van der Waals surface area contributed by atoms with Gasteiger partial charge in [-0.2, -0.15) is 0 Å². The van der Waals surface area contributed by atoms with Crippen LogP contribution in [-0.4, -0.2) is 81.2 Å².